The van der Waals surface area contributed by atoms with Gasteiger partial charge in [0.25, 0.3) is 0 Å². The Hall–Kier alpha value is -2.08. The zero-order chi connectivity index (χ0) is 18.2. The third-order valence-corrected chi connectivity index (χ3v) is 4.66. The van der Waals surface area contributed by atoms with Crippen molar-refractivity contribution in [2.75, 3.05) is 26.2 Å². The molecule has 1 saturated heterocycles. The van der Waals surface area contributed by atoms with E-state index in [0.29, 0.717) is 25.6 Å². The molecule has 0 aromatic heterocycles. The lowest BCUT2D eigenvalue weighted by Gasteiger charge is -2.35. The molecule has 25 heavy (non-hydrogen) atoms. The molecule has 0 spiro atoms. The second-order valence-electron chi connectivity index (χ2n) is 6.81. The highest BCUT2D eigenvalue weighted by Crippen LogP contribution is 2.20. The highest BCUT2D eigenvalue weighted by molar-refractivity contribution is 5.78. The van der Waals surface area contributed by atoms with Crippen molar-refractivity contribution in [1.82, 2.24) is 9.80 Å². The Bertz CT molecular complexity index is 554. The SMILES string of the molecule is CC(C)N(CC1CCN(C(=O)CN)CC1)C(=O)OCc1ccccc1. The van der Waals surface area contributed by atoms with Crippen molar-refractivity contribution in [3.05, 3.63) is 35.9 Å². The van der Waals surface area contributed by atoms with E-state index in [2.05, 4.69) is 0 Å². The van der Waals surface area contributed by atoms with Gasteiger partial charge in [0.05, 0.1) is 6.54 Å². The maximum Gasteiger partial charge on any atom is 0.410 e. The maximum absolute atomic E-state index is 12.5. The number of nitrogens with zero attached hydrogens (tertiary/aromatic N) is 2. The van der Waals surface area contributed by atoms with Crippen LogP contribution in [-0.2, 0) is 16.1 Å². The van der Waals surface area contributed by atoms with Crippen molar-refractivity contribution in [3.8, 4) is 0 Å². The van der Waals surface area contributed by atoms with Gasteiger partial charge in [0.15, 0.2) is 0 Å². The van der Waals surface area contributed by atoms with Gasteiger partial charge in [-0.2, -0.15) is 0 Å². The van der Waals surface area contributed by atoms with E-state index in [-0.39, 0.29) is 31.2 Å². The Balaban J connectivity index is 1.84. The average molecular weight is 347 g/mol. The lowest BCUT2D eigenvalue weighted by Crippen LogP contribution is -2.46. The number of ether oxygens (including phenoxy) is 1. The fraction of sp³-hybridized carbons (Fsp3) is 0.579. The van der Waals surface area contributed by atoms with E-state index in [0.717, 1.165) is 18.4 Å². The molecule has 138 valence electrons. The molecule has 2 amide bonds. The Morgan fingerprint density at radius 1 is 1.24 bits per heavy atom. The van der Waals surface area contributed by atoms with Crippen LogP contribution < -0.4 is 5.73 Å². The summed E-state index contributed by atoms with van der Waals surface area (Å²) in [5.41, 5.74) is 6.40. The molecule has 1 fully saturated rings. The van der Waals surface area contributed by atoms with E-state index >= 15 is 0 Å². The van der Waals surface area contributed by atoms with Crippen molar-refractivity contribution in [2.45, 2.75) is 39.3 Å². The molecule has 0 saturated carbocycles. The summed E-state index contributed by atoms with van der Waals surface area (Å²) in [4.78, 5) is 27.7. The van der Waals surface area contributed by atoms with Crippen LogP contribution in [0.5, 0.6) is 0 Å². The molecule has 0 bridgehead atoms. The summed E-state index contributed by atoms with van der Waals surface area (Å²) in [5.74, 6) is 0.384. The van der Waals surface area contributed by atoms with E-state index < -0.39 is 0 Å². The van der Waals surface area contributed by atoms with Crippen molar-refractivity contribution in [3.63, 3.8) is 0 Å². The second-order valence-corrected chi connectivity index (χ2v) is 6.81. The fourth-order valence-electron chi connectivity index (χ4n) is 3.07. The molecular weight excluding hydrogens is 318 g/mol. The largest absolute Gasteiger partial charge is 0.445 e. The molecule has 0 unspecified atom stereocenters. The van der Waals surface area contributed by atoms with Crippen LogP contribution >= 0.6 is 0 Å². The van der Waals surface area contributed by atoms with Gasteiger partial charge in [0.1, 0.15) is 6.61 Å². The number of nitrogens with two attached hydrogens (primary N) is 1. The van der Waals surface area contributed by atoms with Crippen molar-refractivity contribution in [2.24, 2.45) is 11.7 Å². The summed E-state index contributed by atoms with van der Waals surface area (Å²) in [5, 5.41) is 0. The van der Waals surface area contributed by atoms with Crippen molar-refractivity contribution >= 4 is 12.0 Å². The molecular formula is C19H29N3O3. The first kappa shape index (κ1) is 19.2. The summed E-state index contributed by atoms with van der Waals surface area (Å²) in [6.45, 7) is 6.43. The smallest absolute Gasteiger partial charge is 0.410 e. The van der Waals surface area contributed by atoms with Gasteiger partial charge in [-0.05, 0) is 38.2 Å². The first-order valence-electron chi connectivity index (χ1n) is 8.96. The van der Waals surface area contributed by atoms with Crippen LogP contribution in [0.2, 0.25) is 0 Å². The normalized spacial score (nSPS) is 15.3. The van der Waals surface area contributed by atoms with Gasteiger partial charge in [-0.15, -0.1) is 0 Å². The molecule has 0 radical (unpaired) electrons. The predicted molar refractivity (Wildman–Crippen MR) is 96.8 cm³/mol. The lowest BCUT2D eigenvalue weighted by atomic mass is 9.96. The van der Waals surface area contributed by atoms with E-state index in [1.807, 2.05) is 49.1 Å². The van der Waals surface area contributed by atoms with Gasteiger partial charge in [-0.1, -0.05) is 30.3 Å². The van der Waals surface area contributed by atoms with Crippen LogP contribution in [0, 0.1) is 5.92 Å². The number of carbonyl (C=O) groups excluding carboxylic acids is 2. The van der Waals surface area contributed by atoms with Crippen LogP contribution in [0.1, 0.15) is 32.3 Å². The van der Waals surface area contributed by atoms with Gasteiger partial charge in [-0.3, -0.25) is 4.79 Å². The molecule has 6 heteroatoms. The number of piperidine rings is 1. The molecule has 1 heterocycles. The number of likely N-dealkylation sites (tertiary alicyclic amines) is 1. The van der Waals surface area contributed by atoms with Crippen LogP contribution in [-0.4, -0.2) is 54.0 Å². The lowest BCUT2D eigenvalue weighted by molar-refractivity contribution is -0.131. The Morgan fingerprint density at radius 2 is 1.88 bits per heavy atom. The molecule has 1 aromatic rings. The predicted octanol–water partition coefficient (Wildman–Crippen LogP) is 2.23. The molecule has 2 N–H and O–H groups in total. The van der Waals surface area contributed by atoms with E-state index in [4.69, 9.17) is 10.5 Å². The average Bonchev–Trinajstić information content (AvgIpc) is 2.64. The van der Waals surface area contributed by atoms with Crippen LogP contribution in [0.15, 0.2) is 30.3 Å². The number of benzene rings is 1. The summed E-state index contributed by atoms with van der Waals surface area (Å²) < 4.78 is 5.48. The minimum Gasteiger partial charge on any atom is -0.445 e. The minimum atomic E-state index is -0.278. The summed E-state index contributed by atoms with van der Waals surface area (Å²) in [7, 11) is 0. The van der Waals surface area contributed by atoms with E-state index in [1.54, 1.807) is 4.90 Å². The standard InChI is InChI=1S/C19H29N3O3/c1-15(2)22(19(24)25-14-17-6-4-3-5-7-17)13-16-8-10-21(11-9-16)18(23)12-20/h3-7,15-16H,8-14,20H2,1-2H3. The fourth-order valence-corrected chi connectivity index (χ4v) is 3.07. The van der Waals surface area contributed by atoms with Gasteiger partial charge in [0.2, 0.25) is 5.91 Å². The molecule has 2 rings (SSSR count). The summed E-state index contributed by atoms with van der Waals surface area (Å²) >= 11 is 0. The van der Waals surface area contributed by atoms with Gasteiger partial charge in [-0.25, -0.2) is 4.79 Å². The second kappa shape index (κ2) is 9.42. The third kappa shape index (κ3) is 5.74. The Labute approximate surface area is 149 Å². The molecule has 1 aliphatic heterocycles. The van der Waals surface area contributed by atoms with Crippen molar-refractivity contribution in [1.29, 1.82) is 0 Å². The number of hydrogen-bond donors (Lipinski definition) is 1. The highest BCUT2D eigenvalue weighted by Gasteiger charge is 2.27. The van der Waals surface area contributed by atoms with Crippen LogP contribution in [0.3, 0.4) is 0 Å². The monoisotopic (exact) mass is 347 g/mol. The first-order valence-corrected chi connectivity index (χ1v) is 8.96. The Kier molecular flexibility index (Phi) is 7.25. The van der Waals surface area contributed by atoms with Crippen LogP contribution in [0.25, 0.3) is 0 Å². The first-order chi connectivity index (χ1) is 12.0. The highest BCUT2D eigenvalue weighted by atomic mass is 16.6. The van der Waals surface area contributed by atoms with E-state index in [1.165, 1.54) is 0 Å². The topological polar surface area (TPSA) is 75.9 Å². The molecule has 0 atom stereocenters. The summed E-state index contributed by atoms with van der Waals surface area (Å²) in [6, 6.07) is 9.76. The molecule has 6 nitrogen and oxygen atoms in total. The summed E-state index contributed by atoms with van der Waals surface area (Å²) in [6.07, 6.45) is 1.50. The zero-order valence-electron chi connectivity index (χ0n) is 15.2. The maximum atomic E-state index is 12.5. The van der Waals surface area contributed by atoms with Crippen molar-refractivity contribution < 1.29 is 14.3 Å². The molecule has 1 aromatic carbocycles. The molecule has 1 aliphatic rings. The number of rotatable bonds is 6. The number of amides is 2. The molecule has 0 aliphatic carbocycles. The van der Waals surface area contributed by atoms with Gasteiger partial charge in [0, 0.05) is 25.7 Å². The minimum absolute atomic E-state index is 0.00133. The van der Waals surface area contributed by atoms with Gasteiger partial charge >= 0.3 is 6.09 Å². The number of hydrogen-bond acceptors (Lipinski definition) is 4. The van der Waals surface area contributed by atoms with E-state index in [9.17, 15) is 9.59 Å². The third-order valence-electron chi connectivity index (χ3n) is 4.66. The van der Waals surface area contributed by atoms with Crippen LogP contribution in [0.4, 0.5) is 4.79 Å². The van der Waals surface area contributed by atoms with Gasteiger partial charge < -0.3 is 20.3 Å². The quantitative estimate of drug-likeness (QED) is 0.856. The zero-order valence-corrected chi connectivity index (χ0v) is 15.2. The Morgan fingerprint density at radius 3 is 2.44 bits per heavy atom. The number of carbonyl (C=O) groups is 2.